The maximum absolute atomic E-state index is 12.0. The van der Waals surface area contributed by atoms with Crippen molar-refractivity contribution in [1.29, 1.82) is 0 Å². The first-order chi connectivity index (χ1) is 8.66. The molecule has 0 radical (unpaired) electrons. The van der Waals surface area contributed by atoms with Crippen LogP contribution < -0.4 is 5.32 Å². The number of nitrogens with one attached hydrogen (secondary N) is 1. The molecule has 1 N–H and O–H groups in total. The highest BCUT2D eigenvalue weighted by Gasteiger charge is 2.30. The lowest BCUT2D eigenvalue weighted by atomic mass is 10.2. The van der Waals surface area contributed by atoms with Crippen molar-refractivity contribution in [2.24, 2.45) is 0 Å². The van der Waals surface area contributed by atoms with E-state index in [-0.39, 0.29) is 18.4 Å². The quantitative estimate of drug-likeness (QED) is 0.779. The number of carbonyl (C=O) groups is 2. The number of amides is 2. The van der Waals surface area contributed by atoms with Gasteiger partial charge in [-0.2, -0.15) is 0 Å². The Morgan fingerprint density at radius 3 is 2.56 bits per heavy atom. The third-order valence-corrected chi connectivity index (χ3v) is 3.85. The lowest BCUT2D eigenvalue weighted by molar-refractivity contribution is -0.133. The third-order valence-electron chi connectivity index (χ3n) is 3.85. The summed E-state index contributed by atoms with van der Waals surface area (Å²) in [6.07, 6.45) is 4.76. The summed E-state index contributed by atoms with van der Waals surface area (Å²) in [6.45, 7) is 5.78. The van der Waals surface area contributed by atoms with Gasteiger partial charge in [0.25, 0.3) is 0 Å². The van der Waals surface area contributed by atoms with Crippen LogP contribution in [0.25, 0.3) is 0 Å². The average Bonchev–Trinajstić information content (AvgIpc) is 2.97. The number of nitrogens with zero attached hydrogens (tertiary/aromatic N) is 2. The summed E-state index contributed by atoms with van der Waals surface area (Å²) < 4.78 is 0. The second-order valence-corrected chi connectivity index (χ2v) is 5.30. The van der Waals surface area contributed by atoms with Crippen LogP contribution in [0.4, 0.5) is 0 Å². The third kappa shape index (κ3) is 3.45. The van der Waals surface area contributed by atoms with E-state index in [1.807, 2.05) is 4.90 Å². The fourth-order valence-electron chi connectivity index (χ4n) is 2.92. The molecule has 0 aromatic rings. The molecule has 0 bridgehead atoms. The number of rotatable bonds is 4. The Hall–Kier alpha value is -1.10. The van der Waals surface area contributed by atoms with Gasteiger partial charge in [0.15, 0.2) is 0 Å². The van der Waals surface area contributed by atoms with Gasteiger partial charge in [0, 0.05) is 26.1 Å². The highest BCUT2D eigenvalue weighted by atomic mass is 16.2. The number of likely N-dealkylation sites (tertiary alicyclic amines) is 2. The fourth-order valence-corrected chi connectivity index (χ4v) is 2.92. The van der Waals surface area contributed by atoms with Gasteiger partial charge in [-0.3, -0.25) is 9.59 Å². The Labute approximate surface area is 108 Å². The van der Waals surface area contributed by atoms with Crippen LogP contribution in [0.1, 0.15) is 32.6 Å². The minimum Gasteiger partial charge on any atom is -0.347 e. The zero-order valence-corrected chi connectivity index (χ0v) is 11.2. The molecule has 2 aliphatic rings. The predicted octanol–water partition coefficient (Wildman–Crippen LogP) is 0.209. The molecule has 102 valence electrons. The van der Waals surface area contributed by atoms with Crippen LogP contribution in [0.5, 0.6) is 0 Å². The first-order valence-corrected chi connectivity index (χ1v) is 6.93. The number of carbonyl (C=O) groups excluding carboxylic acids is 2. The van der Waals surface area contributed by atoms with Crippen molar-refractivity contribution in [3.05, 3.63) is 0 Å². The molecule has 2 heterocycles. The lowest BCUT2D eigenvalue weighted by Gasteiger charge is -2.28. The van der Waals surface area contributed by atoms with E-state index in [9.17, 15) is 9.59 Å². The van der Waals surface area contributed by atoms with Crippen molar-refractivity contribution in [3.8, 4) is 0 Å². The van der Waals surface area contributed by atoms with Gasteiger partial charge < -0.3 is 15.1 Å². The first kappa shape index (κ1) is 13.3. The Morgan fingerprint density at radius 2 is 1.89 bits per heavy atom. The molecular weight excluding hydrogens is 230 g/mol. The zero-order valence-electron chi connectivity index (χ0n) is 11.2. The molecule has 2 rings (SSSR count). The second-order valence-electron chi connectivity index (χ2n) is 5.30. The summed E-state index contributed by atoms with van der Waals surface area (Å²) in [4.78, 5) is 27.3. The lowest BCUT2D eigenvalue weighted by Crippen LogP contribution is -2.46. The Balaban J connectivity index is 1.82. The van der Waals surface area contributed by atoms with Crippen LogP contribution in [0.2, 0.25) is 0 Å². The molecule has 18 heavy (non-hydrogen) atoms. The van der Waals surface area contributed by atoms with Crippen LogP contribution in [-0.2, 0) is 9.59 Å². The van der Waals surface area contributed by atoms with Crippen LogP contribution in [0.3, 0.4) is 0 Å². The minimum absolute atomic E-state index is 0.0619. The Kier molecular flexibility index (Phi) is 4.58. The first-order valence-electron chi connectivity index (χ1n) is 6.93. The van der Waals surface area contributed by atoms with Crippen molar-refractivity contribution in [2.75, 3.05) is 32.7 Å². The summed E-state index contributed by atoms with van der Waals surface area (Å²) in [5, 5.41) is 2.59. The molecule has 2 aliphatic heterocycles. The van der Waals surface area contributed by atoms with Crippen LogP contribution in [0, 0.1) is 0 Å². The normalized spacial score (nSPS) is 24.5. The van der Waals surface area contributed by atoms with Crippen molar-refractivity contribution in [3.63, 3.8) is 0 Å². The van der Waals surface area contributed by atoms with Crippen molar-refractivity contribution >= 4 is 11.8 Å². The van der Waals surface area contributed by atoms with Gasteiger partial charge in [-0.05, 0) is 38.8 Å². The molecule has 0 spiro atoms. The topological polar surface area (TPSA) is 52.7 Å². The minimum atomic E-state index is -0.140. The molecule has 1 atom stereocenters. The molecule has 0 aliphatic carbocycles. The monoisotopic (exact) mass is 253 g/mol. The van der Waals surface area contributed by atoms with E-state index in [0.717, 1.165) is 25.9 Å². The van der Waals surface area contributed by atoms with Gasteiger partial charge in [0.1, 0.15) is 0 Å². The van der Waals surface area contributed by atoms with Crippen LogP contribution in [-0.4, -0.2) is 60.4 Å². The molecule has 0 unspecified atom stereocenters. The highest BCUT2D eigenvalue weighted by Crippen LogP contribution is 2.20. The molecule has 0 aromatic carbocycles. The van der Waals surface area contributed by atoms with Gasteiger partial charge in [0.2, 0.25) is 11.8 Å². The van der Waals surface area contributed by atoms with E-state index in [4.69, 9.17) is 0 Å². The van der Waals surface area contributed by atoms with E-state index < -0.39 is 0 Å². The summed E-state index contributed by atoms with van der Waals surface area (Å²) >= 11 is 0. The SMILES string of the molecule is CC(=O)NCC(=O)N1CCC[C@@H]1CN1CCCC1. The molecule has 5 heteroatoms. The molecule has 2 amide bonds. The standard InChI is InChI=1S/C13H23N3O2/c1-11(17)14-9-13(18)16-8-4-5-12(16)10-15-6-2-3-7-15/h12H,2-10H2,1H3,(H,14,17)/t12-/m1/s1. The summed E-state index contributed by atoms with van der Waals surface area (Å²) in [7, 11) is 0. The molecule has 2 fully saturated rings. The van der Waals surface area contributed by atoms with E-state index in [0.29, 0.717) is 6.04 Å². The fraction of sp³-hybridized carbons (Fsp3) is 0.846. The zero-order chi connectivity index (χ0) is 13.0. The molecule has 0 aromatic heterocycles. The highest BCUT2D eigenvalue weighted by molar-refractivity contribution is 5.84. The van der Waals surface area contributed by atoms with Gasteiger partial charge in [-0.15, -0.1) is 0 Å². The smallest absolute Gasteiger partial charge is 0.242 e. The molecule has 0 saturated carbocycles. The average molecular weight is 253 g/mol. The molecule has 2 saturated heterocycles. The maximum Gasteiger partial charge on any atom is 0.242 e. The van der Waals surface area contributed by atoms with E-state index >= 15 is 0 Å². The second kappa shape index (κ2) is 6.18. The van der Waals surface area contributed by atoms with Gasteiger partial charge in [-0.1, -0.05) is 0 Å². The molecule has 5 nitrogen and oxygen atoms in total. The molecular formula is C13H23N3O2. The predicted molar refractivity (Wildman–Crippen MR) is 69.1 cm³/mol. The van der Waals surface area contributed by atoms with E-state index in [2.05, 4.69) is 10.2 Å². The summed E-state index contributed by atoms with van der Waals surface area (Å²) in [5.74, 6) is -0.0782. The van der Waals surface area contributed by atoms with Gasteiger partial charge in [-0.25, -0.2) is 0 Å². The van der Waals surface area contributed by atoms with E-state index in [1.54, 1.807) is 0 Å². The van der Waals surface area contributed by atoms with Gasteiger partial charge in [0.05, 0.1) is 6.54 Å². The summed E-state index contributed by atoms with van der Waals surface area (Å²) in [5.41, 5.74) is 0. The summed E-state index contributed by atoms with van der Waals surface area (Å²) in [6, 6.07) is 0.351. The largest absolute Gasteiger partial charge is 0.347 e. The van der Waals surface area contributed by atoms with E-state index in [1.165, 1.54) is 32.9 Å². The van der Waals surface area contributed by atoms with Crippen LogP contribution in [0.15, 0.2) is 0 Å². The Morgan fingerprint density at radius 1 is 1.17 bits per heavy atom. The van der Waals surface area contributed by atoms with Crippen molar-refractivity contribution in [1.82, 2.24) is 15.1 Å². The number of hydrogen-bond donors (Lipinski definition) is 1. The number of hydrogen-bond acceptors (Lipinski definition) is 3. The van der Waals surface area contributed by atoms with Crippen LogP contribution >= 0.6 is 0 Å². The maximum atomic E-state index is 12.0. The van der Waals surface area contributed by atoms with Crippen molar-refractivity contribution in [2.45, 2.75) is 38.6 Å². The van der Waals surface area contributed by atoms with Gasteiger partial charge >= 0.3 is 0 Å². The van der Waals surface area contributed by atoms with Crippen molar-refractivity contribution < 1.29 is 9.59 Å². The Bertz CT molecular complexity index is 313.